The third-order valence-corrected chi connectivity index (χ3v) is 6.00. The fourth-order valence-electron chi connectivity index (χ4n) is 4.97. The fraction of sp³-hybridized carbons (Fsp3) is 0.875. The van der Waals surface area contributed by atoms with E-state index in [1.807, 2.05) is 34.7 Å². The van der Waals surface area contributed by atoms with Gasteiger partial charge in [-0.15, -0.1) is 0 Å². The second-order valence-electron chi connectivity index (χ2n) is 11.6. The molecule has 1 N–H and O–H groups in total. The van der Waals surface area contributed by atoms with Gasteiger partial charge in [0, 0.05) is 23.9 Å². The molecule has 0 saturated heterocycles. The van der Waals surface area contributed by atoms with Crippen molar-refractivity contribution >= 4 is 17.3 Å². The van der Waals surface area contributed by atoms with Crippen LogP contribution in [0.15, 0.2) is 0 Å². The van der Waals surface area contributed by atoms with Gasteiger partial charge < -0.3 is 5.32 Å². The van der Waals surface area contributed by atoms with Crippen LogP contribution in [0, 0.1) is 16.2 Å². The van der Waals surface area contributed by atoms with Gasteiger partial charge >= 0.3 is 0 Å². The highest BCUT2D eigenvalue weighted by Crippen LogP contribution is 2.42. The van der Waals surface area contributed by atoms with Crippen molar-refractivity contribution in [1.29, 1.82) is 0 Å². The topological polar surface area (TPSA) is 66.5 Å². The standard InChI is InChI=1S/C24H46N2O3/c1-17(27)13-24(10,11)26(16-23(8,9)19(3)29)20(18(2)28)22(6,7)14-21(4,5)15-25-12/h20,25H,13-16H2,1-12H3. The summed E-state index contributed by atoms with van der Waals surface area (Å²) < 4.78 is 0. The molecule has 0 aliphatic carbocycles. The summed E-state index contributed by atoms with van der Waals surface area (Å²) in [4.78, 5) is 39.5. The first-order valence-electron chi connectivity index (χ1n) is 10.7. The second kappa shape index (κ2) is 9.82. The van der Waals surface area contributed by atoms with E-state index in [0.717, 1.165) is 13.0 Å². The molecule has 0 amide bonds. The Morgan fingerprint density at radius 3 is 1.72 bits per heavy atom. The summed E-state index contributed by atoms with van der Waals surface area (Å²) in [6, 6.07) is -0.397. The second-order valence-corrected chi connectivity index (χ2v) is 11.6. The van der Waals surface area contributed by atoms with Crippen LogP contribution < -0.4 is 5.32 Å². The first-order chi connectivity index (χ1) is 12.8. The van der Waals surface area contributed by atoms with Crippen LogP contribution in [0.5, 0.6) is 0 Å². The Morgan fingerprint density at radius 2 is 1.38 bits per heavy atom. The van der Waals surface area contributed by atoms with Crippen LogP contribution in [0.1, 0.15) is 89.0 Å². The maximum absolute atomic E-state index is 13.0. The van der Waals surface area contributed by atoms with Crippen LogP contribution in [0.2, 0.25) is 0 Å². The minimum absolute atomic E-state index is 0.00156. The highest BCUT2D eigenvalue weighted by molar-refractivity contribution is 5.84. The van der Waals surface area contributed by atoms with Gasteiger partial charge in [-0.2, -0.15) is 0 Å². The predicted octanol–water partition coefficient (Wildman–Crippen LogP) is 4.28. The molecule has 0 bridgehead atoms. The van der Waals surface area contributed by atoms with Gasteiger partial charge in [-0.25, -0.2) is 0 Å². The largest absolute Gasteiger partial charge is 0.319 e. The molecule has 170 valence electrons. The number of carbonyl (C=O) groups excluding carboxylic acids is 3. The van der Waals surface area contributed by atoms with Crippen molar-refractivity contribution in [3.63, 3.8) is 0 Å². The molecule has 5 nitrogen and oxygen atoms in total. The molecule has 0 aromatic carbocycles. The smallest absolute Gasteiger partial charge is 0.147 e. The SMILES string of the molecule is CNCC(C)(C)CC(C)(C)C(C(C)=O)N(CC(C)(C)C(C)=O)C(C)(C)CC(C)=O. The van der Waals surface area contributed by atoms with Gasteiger partial charge in [0.2, 0.25) is 0 Å². The fourth-order valence-corrected chi connectivity index (χ4v) is 4.97. The molecule has 0 aromatic rings. The maximum Gasteiger partial charge on any atom is 0.147 e. The number of rotatable bonds is 13. The Bertz CT molecular complexity index is 603. The van der Waals surface area contributed by atoms with E-state index in [9.17, 15) is 14.4 Å². The lowest BCUT2D eigenvalue weighted by molar-refractivity contribution is -0.140. The number of nitrogens with one attached hydrogen (secondary N) is 1. The molecule has 0 rings (SSSR count). The molecule has 1 unspecified atom stereocenters. The number of hydrogen-bond donors (Lipinski definition) is 1. The zero-order valence-electron chi connectivity index (χ0n) is 21.1. The third kappa shape index (κ3) is 8.29. The van der Waals surface area contributed by atoms with E-state index in [-0.39, 0.29) is 28.2 Å². The monoisotopic (exact) mass is 410 g/mol. The van der Waals surface area contributed by atoms with Gasteiger partial charge in [-0.3, -0.25) is 19.3 Å². The molecule has 0 spiro atoms. The highest BCUT2D eigenvalue weighted by Gasteiger charge is 2.47. The van der Waals surface area contributed by atoms with E-state index in [2.05, 4.69) is 37.9 Å². The molecule has 0 aromatic heterocycles. The molecule has 29 heavy (non-hydrogen) atoms. The Hall–Kier alpha value is -1.07. The lowest BCUT2D eigenvalue weighted by atomic mass is 9.68. The van der Waals surface area contributed by atoms with E-state index < -0.39 is 17.0 Å². The molecule has 0 fully saturated rings. The highest BCUT2D eigenvalue weighted by atomic mass is 16.1. The lowest BCUT2D eigenvalue weighted by Crippen LogP contribution is -2.62. The molecular weight excluding hydrogens is 364 g/mol. The summed E-state index contributed by atoms with van der Waals surface area (Å²) in [6.45, 7) is 22.6. The average Bonchev–Trinajstić information content (AvgIpc) is 2.42. The first-order valence-corrected chi connectivity index (χ1v) is 10.7. The molecule has 0 radical (unpaired) electrons. The summed E-state index contributed by atoms with van der Waals surface area (Å²) in [7, 11) is 1.94. The quantitative estimate of drug-likeness (QED) is 0.491. The van der Waals surface area contributed by atoms with Crippen LogP contribution >= 0.6 is 0 Å². The van der Waals surface area contributed by atoms with Crippen LogP contribution in [0.4, 0.5) is 0 Å². The molecule has 1 atom stereocenters. The summed E-state index contributed by atoms with van der Waals surface area (Å²) >= 11 is 0. The summed E-state index contributed by atoms with van der Waals surface area (Å²) in [5.41, 5.74) is -1.50. The number of nitrogens with zero attached hydrogens (tertiary/aromatic N) is 1. The normalized spacial score (nSPS) is 14.8. The van der Waals surface area contributed by atoms with Gasteiger partial charge in [0.15, 0.2) is 0 Å². The first kappa shape index (κ1) is 27.9. The molecule has 0 aliphatic rings. The van der Waals surface area contributed by atoms with Gasteiger partial charge in [0.1, 0.15) is 17.3 Å². The summed E-state index contributed by atoms with van der Waals surface area (Å²) in [5, 5.41) is 3.25. The molecular formula is C24H46N2O3. The molecule has 0 heterocycles. The number of hydrogen-bond acceptors (Lipinski definition) is 5. The van der Waals surface area contributed by atoms with E-state index in [4.69, 9.17) is 0 Å². The van der Waals surface area contributed by atoms with Crippen LogP contribution in [-0.2, 0) is 14.4 Å². The van der Waals surface area contributed by atoms with Crippen molar-refractivity contribution in [3.8, 4) is 0 Å². The maximum atomic E-state index is 13.0. The van der Waals surface area contributed by atoms with Crippen LogP contribution in [-0.4, -0.2) is 54.0 Å². The van der Waals surface area contributed by atoms with E-state index in [1.54, 1.807) is 20.8 Å². The number of ketones is 3. The van der Waals surface area contributed by atoms with Crippen molar-refractivity contribution in [3.05, 3.63) is 0 Å². The number of Topliss-reactive ketones (excluding diaryl/α,β-unsaturated/α-hetero) is 3. The van der Waals surface area contributed by atoms with Crippen molar-refractivity contribution in [2.45, 2.75) is 101 Å². The zero-order valence-corrected chi connectivity index (χ0v) is 21.1. The van der Waals surface area contributed by atoms with Gasteiger partial charge in [0.25, 0.3) is 0 Å². The average molecular weight is 411 g/mol. The Morgan fingerprint density at radius 1 is 0.897 bits per heavy atom. The van der Waals surface area contributed by atoms with Crippen molar-refractivity contribution in [2.24, 2.45) is 16.2 Å². The summed E-state index contributed by atoms with van der Waals surface area (Å²) in [5.74, 6) is 0.235. The Labute approximate surface area is 179 Å². The van der Waals surface area contributed by atoms with Crippen LogP contribution in [0.3, 0.4) is 0 Å². The van der Waals surface area contributed by atoms with Crippen molar-refractivity contribution in [2.75, 3.05) is 20.1 Å². The number of carbonyl (C=O) groups is 3. The molecule has 0 saturated carbocycles. The van der Waals surface area contributed by atoms with Gasteiger partial charge in [-0.05, 0) is 65.5 Å². The summed E-state index contributed by atoms with van der Waals surface area (Å²) in [6.07, 6.45) is 1.17. The van der Waals surface area contributed by atoms with Gasteiger partial charge in [0.05, 0.1) is 6.04 Å². The van der Waals surface area contributed by atoms with Crippen molar-refractivity contribution in [1.82, 2.24) is 10.2 Å². The predicted molar refractivity (Wildman–Crippen MR) is 121 cm³/mol. The van der Waals surface area contributed by atoms with E-state index in [0.29, 0.717) is 13.0 Å². The van der Waals surface area contributed by atoms with E-state index >= 15 is 0 Å². The Balaban J connectivity index is 6.38. The lowest BCUT2D eigenvalue weighted by Gasteiger charge is -2.52. The third-order valence-electron chi connectivity index (χ3n) is 6.00. The Kier molecular flexibility index (Phi) is 9.46. The zero-order chi connectivity index (χ0) is 23.4. The molecule has 5 heteroatoms. The minimum Gasteiger partial charge on any atom is -0.319 e. The molecule has 0 aliphatic heterocycles. The van der Waals surface area contributed by atoms with Crippen LogP contribution in [0.25, 0.3) is 0 Å². The van der Waals surface area contributed by atoms with E-state index in [1.165, 1.54) is 0 Å². The minimum atomic E-state index is -0.613. The van der Waals surface area contributed by atoms with Gasteiger partial charge in [-0.1, -0.05) is 41.5 Å². The van der Waals surface area contributed by atoms with Crippen molar-refractivity contribution < 1.29 is 14.4 Å².